The number of thiophene rings is 1. The highest BCUT2D eigenvalue weighted by Crippen LogP contribution is 2.41. The molecule has 0 spiro atoms. The zero-order valence-electron chi connectivity index (χ0n) is 27.6. The van der Waals surface area contributed by atoms with Crippen LogP contribution in [-0.4, -0.2) is 19.1 Å². The molecule has 0 saturated heterocycles. The van der Waals surface area contributed by atoms with Crippen molar-refractivity contribution in [1.82, 2.24) is 19.1 Å². The molecule has 240 valence electrons. The molecule has 1 unspecified atom stereocenters. The van der Waals surface area contributed by atoms with E-state index in [-0.39, 0.29) is 5.92 Å². The normalized spacial score (nSPS) is 14.8. The van der Waals surface area contributed by atoms with E-state index in [1.54, 1.807) is 0 Å². The molecular weight excluding hydrogens is 641 g/mol. The highest BCUT2D eigenvalue weighted by atomic mass is 32.1. The van der Waals surface area contributed by atoms with Crippen molar-refractivity contribution in [2.24, 2.45) is 0 Å². The summed E-state index contributed by atoms with van der Waals surface area (Å²) in [7, 11) is 0. The lowest BCUT2D eigenvalue weighted by Crippen LogP contribution is -2.02. The number of hydrogen-bond donors (Lipinski definition) is 0. The maximum absolute atomic E-state index is 4.95. The summed E-state index contributed by atoms with van der Waals surface area (Å²) >= 11 is 1.89. The van der Waals surface area contributed by atoms with Gasteiger partial charge in [-0.1, -0.05) is 85.0 Å². The van der Waals surface area contributed by atoms with Gasteiger partial charge in [0, 0.05) is 71.4 Å². The fraction of sp³-hybridized carbons (Fsp3) is 0.0435. The summed E-state index contributed by atoms with van der Waals surface area (Å²) < 4.78 is 7.30. The average molecular weight is 671 g/mol. The van der Waals surface area contributed by atoms with Crippen LogP contribution < -0.4 is 0 Å². The zero-order chi connectivity index (χ0) is 33.5. The van der Waals surface area contributed by atoms with Gasteiger partial charge in [-0.25, -0.2) is 9.97 Å². The van der Waals surface area contributed by atoms with Crippen molar-refractivity contribution >= 4 is 81.0 Å². The van der Waals surface area contributed by atoms with Crippen LogP contribution in [0.5, 0.6) is 0 Å². The van der Waals surface area contributed by atoms with Crippen LogP contribution in [0.1, 0.15) is 23.5 Å². The van der Waals surface area contributed by atoms with Gasteiger partial charge in [-0.15, -0.1) is 11.3 Å². The van der Waals surface area contributed by atoms with E-state index in [9.17, 15) is 0 Å². The Kier molecular flexibility index (Phi) is 6.21. The van der Waals surface area contributed by atoms with E-state index < -0.39 is 0 Å². The van der Waals surface area contributed by atoms with Crippen LogP contribution in [0.4, 0.5) is 0 Å². The molecule has 1 aliphatic rings. The van der Waals surface area contributed by atoms with E-state index in [2.05, 4.69) is 149 Å². The summed E-state index contributed by atoms with van der Waals surface area (Å²) in [6, 6.07) is 48.3. The van der Waals surface area contributed by atoms with Crippen LogP contribution >= 0.6 is 11.3 Å². The maximum atomic E-state index is 4.95. The van der Waals surface area contributed by atoms with Crippen molar-refractivity contribution < 1.29 is 0 Å². The zero-order valence-corrected chi connectivity index (χ0v) is 28.4. The highest BCUT2D eigenvalue weighted by molar-refractivity contribution is 7.26. The standard InChI is InChI=1S/C46H30N4S/c1-3-20-41-35(14-1)38-18-8-24-47-45(38)50(41)33-22-23-42-40(28-33)39-19-9-25-48-46(39)49(42)32-13-6-11-30(27-32)29-10-5-12-31(26-29)34-16-7-17-37-36-15-2-4-21-43(36)51-44(34)37/h1-9,11-29H,10H2. The third-order valence-electron chi connectivity index (χ3n) is 10.5. The lowest BCUT2D eigenvalue weighted by molar-refractivity contribution is 0.855. The Morgan fingerprint density at radius 2 is 1.24 bits per heavy atom. The minimum atomic E-state index is 0.269. The molecule has 0 bridgehead atoms. The predicted octanol–water partition coefficient (Wildman–Crippen LogP) is 12.2. The third-order valence-corrected chi connectivity index (χ3v) is 11.8. The number of benzene rings is 5. The first kappa shape index (κ1) is 28.5. The van der Waals surface area contributed by atoms with E-state index in [1.807, 2.05) is 35.9 Å². The van der Waals surface area contributed by atoms with Gasteiger partial charge in [-0.3, -0.25) is 9.13 Å². The number of aromatic nitrogens is 4. The molecule has 1 aliphatic carbocycles. The van der Waals surface area contributed by atoms with Gasteiger partial charge in [0.05, 0.1) is 11.0 Å². The molecule has 0 amide bonds. The Labute approximate surface area is 297 Å². The summed E-state index contributed by atoms with van der Waals surface area (Å²) in [5.41, 5.74) is 10.3. The Hall–Kier alpha value is -6.30. The Morgan fingerprint density at radius 1 is 0.549 bits per heavy atom. The SMILES string of the molecule is C1=CC(c2cccc3c2sc2ccccc23)=CC(c2cccc(-n3c4ccc(-n5c6ccccc6c6cccnc65)cc4c4cccnc43)c2)C1. The molecule has 4 nitrogen and oxygen atoms in total. The van der Waals surface area contributed by atoms with Gasteiger partial charge in [0.15, 0.2) is 0 Å². The van der Waals surface area contributed by atoms with E-state index in [4.69, 9.17) is 9.97 Å². The minimum absolute atomic E-state index is 0.269. The van der Waals surface area contributed by atoms with Crippen molar-refractivity contribution in [2.45, 2.75) is 12.3 Å². The Balaban J connectivity index is 1.04. The quantitative estimate of drug-likeness (QED) is 0.187. The molecule has 11 rings (SSSR count). The lowest BCUT2D eigenvalue weighted by atomic mass is 9.87. The predicted molar refractivity (Wildman–Crippen MR) is 215 cm³/mol. The highest BCUT2D eigenvalue weighted by Gasteiger charge is 2.20. The topological polar surface area (TPSA) is 35.6 Å². The van der Waals surface area contributed by atoms with Crippen molar-refractivity contribution in [3.8, 4) is 11.4 Å². The van der Waals surface area contributed by atoms with Crippen LogP contribution in [-0.2, 0) is 0 Å². The van der Waals surface area contributed by atoms with Crippen LogP contribution in [0.3, 0.4) is 0 Å². The second-order valence-corrected chi connectivity index (χ2v) is 14.4. The number of nitrogens with zero attached hydrogens (tertiary/aromatic N) is 4. The van der Waals surface area contributed by atoms with Crippen LogP contribution in [0.15, 0.2) is 164 Å². The lowest BCUT2D eigenvalue weighted by Gasteiger charge is -2.19. The van der Waals surface area contributed by atoms with Gasteiger partial charge in [0.2, 0.25) is 0 Å². The Bertz CT molecular complexity index is 3030. The summed E-state index contributed by atoms with van der Waals surface area (Å²) in [6.07, 6.45) is 11.9. The maximum Gasteiger partial charge on any atom is 0.145 e. The van der Waals surface area contributed by atoms with E-state index in [0.717, 1.165) is 50.9 Å². The molecule has 10 aromatic rings. The molecule has 5 aromatic carbocycles. The molecular formula is C46H30N4S. The number of pyridine rings is 2. The molecule has 0 radical (unpaired) electrons. The van der Waals surface area contributed by atoms with Crippen molar-refractivity contribution in [2.75, 3.05) is 0 Å². The van der Waals surface area contributed by atoms with Crippen molar-refractivity contribution in [3.63, 3.8) is 0 Å². The van der Waals surface area contributed by atoms with Gasteiger partial charge < -0.3 is 0 Å². The smallest absolute Gasteiger partial charge is 0.145 e. The Morgan fingerprint density at radius 3 is 2.10 bits per heavy atom. The van der Waals surface area contributed by atoms with Gasteiger partial charge in [0.25, 0.3) is 0 Å². The number of para-hydroxylation sites is 1. The number of hydrogen-bond acceptors (Lipinski definition) is 3. The second-order valence-electron chi connectivity index (χ2n) is 13.4. The van der Waals surface area contributed by atoms with Gasteiger partial charge in [-0.05, 0) is 89.9 Å². The molecule has 0 saturated carbocycles. The molecule has 0 fully saturated rings. The molecule has 0 aliphatic heterocycles. The van der Waals surface area contributed by atoms with E-state index in [1.165, 1.54) is 47.6 Å². The van der Waals surface area contributed by atoms with Crippen LogP contribution in [0.25, 0.3) is 81.0 Å². The molecule has 1 atom stereocenters. The van der Waals surface area contributed by atoms with Gasteiger partial charge in [-0.2, -0.15) is 0 Å². The summed E-state index contributed by atoms with van der Waals surface area (Å²) in [5.74, 6) is 0.269. The summed E-state index contributed by atoms with van der Waals surface area (Å²) in [4.78, 5) is 9.78. The fourth-order valence-corrected chi connectivity index (χ4v) is 9.49. The van der Waals surface area contributed by atoms with Gasteiger partial charge >= 0.3 is 0 Å². The number of rotatable bonds is 4. The van der Waals surface area contributed by atoms with Crippen LogP contribution in [0, 0.1) is 0 Å². The molecule has 5 heterocycles. The second kappa shape index (κ2) is 11.1. The monoisotopic (exact) mass is 670 g/mol. The molecule has 5 aromatic heterocycles. The first-order valence-electron chi connectivity index (χ1n) is 17.4. The molecule has 51 heavy (non-hydrogen) atoms. The molecule has 5 heteroatoms. The summed E-state index contributed by atoms with van der Waals surface area (Å²) in [5, 5.41) is 7.33. The fourth-order valence-electron chi connectivity index (χ4n) is 8.25. The largest absolute Gasteiger partial charge is 0.294 e. The van der Waals surface area contributed by atoms with Gasteiger partial charge in [0.1, 0.15) is 11.3 Å². The van der Waals surface area contributed by atoms with Crippen molar-refractivity contribution in [1.29, 1.82) is 0 Å². The third kappa shape index (κ3) is 4.32. The minimum Gasteiger partial charge on any atom is -0.294 e. The number of allylic oxidation sites excluding steroid dienone is 4. The first-order valence-corrected chi connectivity index (χ1v) is 18.2. The van der Waals surface area contributed by atoms with Crippen molar-refractivity contribution in [3.05, 3.63) is 175 Å². The molecule has 0 N–H and O–H groups in total. The average Bonchev–Trinajstić information content (AvgIpc) is 3.86. The van der Waals surface area contributed by atoms with Crippen LogP contribution in [0.2, 0.25) is 0 Å². The number of fused-ring (bicyclic) bond motifs is 9. The van der Waals surface area contributed by atoms with E-state index >= 15 is 0 Å². The van der Waals surface area contributed by atoms with E-state index in [0.29, 0.717) is 0 Å². The summed E-state index contributed by atoms with van der Waals surface area (Å²) in [6.45, 7) is 0. The first-order chi connectivity index (χ1) is 25.3.